The normalized spacial score (nSPS) is 20.9. The van der Waals surface area contributed by atoms with E-state index < -0.39 is 0 Å². The maximum Gasteiger partial charge on any atom is 0.191 e. The zero-order chi connectivity index (χ0) is 18.0. The average molecular weight is 358 g/mol. The van der Waals surface area contributed by atoms with E-state index in [2.05, 4.69) is 22.7 Å². The molecule has 142 valence electrons. The summed E-state index contributed by atoms with van der Waals surface area (Å²) in [6.45, 7) is 4.85. The van der Waals surface area contributed by atoms with Crippen molar-refractivity contribution in [2.75, 3.05) is 13.1 Å². The van der Waals surface area contributed by atoms with Crippen LogP contribution in [0.15, 0.2) is 46.3 Å². The predicted octanol–water partition coefficient (Wildman–Crippen LogP) is 3.22. The third-order valence-electron chi connectivity index (χ3n) is 5.05. The van der Waals surface area contributed by atoms with Crippen LogP contribution < -0.4 is 10.6 Å². The summed E-state index contributed by atoms with van der Waals surface area (Å²) in [7, 11) is 0. The minimum atomic E-state index is 0.518. The predicted molar refractivity (Wildman–Crippen MR) is 104 cm³/mol. The van der Waals surface area contributed by atoms with E-state index in [1.54, 1.807) is 6.26 Å². The van der Waals surface area contributed by atoms with Crippen LogP contribution in [0.5, 0.6) is 0 Å². The Morgan fingerprint density at radius 2 is 2.27 bits per heavy atom. The molecule has 2 N–H and O–H groups in total. The van der Waals surface area contributed by atoms with Crippen LogP contribution in [0.1, 0.15) is 44.8 Å². The molecule has 2 heterocycles. The molecule has 0 spiro atoms. The molecule has 2 unspecified atom stereocenters. The Kier molecular flexibility index (Phi) is 7.16. The average Bonchev–Trinajstić information content (AvgIpc) is 3.34. The number of guanidine groups is 1. The second kappa shape index (κ2) is 10.0. The lowest BCUT2D eigenvalue weighted by Crippen LogP contribution is -2.47. The van der Waals surface area contributed by atoms with Crippen LogP contribution in [0, 0.1) is 5.92 Å². The lowest BCUT2D eigenvalue weighted by Gasteiger charge is -2.31. The molecule has 2 aromatic rings. The van der Waals surface area contributed by atoms with Crippen LogP contribution in [0.3, 0.4) is 0 Å². The Balaban J connectivity index is 1.49. The highest BCUT2D eigenvalue weighted by molar-refractivity contribution is 5.80. The molecule has 1 aliphatic carbocycles. The van der Waals surface area contributed by atoms with E-state index in [0.717, 1.165) is 44.2 Å². The van der Waals surface area contributed by atoms with Crippen LogP contribution in [0.4, 0.5) is 0 Å². The molecule has 0 bridgehead atoms. The zero-order valence-corrected chi connectivity index (χ0v) is 15.7. The van der Waals surface area contributed by atoms with E-state index in [0.29, 0.717) is 12.0 Å². The fourth-order valence-electron chi connectivity index (χ4n) is 3.47. The smallest absolute Gasteiger partial charge is 0.191 e. The second-order valence-corrected chi connectivity index (χ2v) is 7.12. The summed E-state index contributed by atoms with van der Waals surface area (Å²) < 4.78 is 7.37. The van der Waals surface area contributed by atoms with E-state index in [1.807, 2.05) is 35.3 Å². The van der Waals surface area contributed by atoms with Gasteiger partial charge in [0.2, 0.25) is 0 Å². The number of nitrogens with one attached hydrogen (secondary N) is 2. The highest BCUT2D eigenvalue weighted by Crippen LogP contribution is 2.23. The Morgan fingerprint density at radius 1 is 1.35 bits per heavy atom. The monoisotopic (exact) mass is 357 g/mol. The molecule has 6 heteroatoms. The summed E-state index contributed by atoms with van der Waals surface area (Å²) in [6.07, 6.45) is 12.6. The molecular formula is C20H31N5O. The molecule has 6 nitrogen and oxygen atoms in total. The third-order valence-corrected chi connectivity index (χ3v) is 5.05. The Hall–Kier alpha value is -2.24. The summed E-state index contributed by atoms with van der Waals surface area (Å²) in [5.74, 6) is 2.63. The Morgan fingerprint density at radius 3 is 3.04 bits per heavy atom. The lowest BCUT2D eigenvalue weighted by molar-refractivity contribution is 0.306. The van der Waals surface area contributed by atoms with Gasteiger partial charge in [0.25, 0.3) is 0 Å². The topological polar surface area (TPSA) is 67.4 Å². The first kappa shape index (κ1) is 18.5. The highest BCUT2D eigenvalue weighted by Gasteiger charge is 2.21. The van der Waals surface area contributed by atoms with Crippen LogP contribution in [0.25, 0.3) is 0 Å². The van der Waals surface area contributed by atoms with Crippen molar-refractivity contribution < 1.29 is 4.42 Å². The van der Waals surface area contributed by atoms with Crippen molar-refractivity contribution in [1.82, 2.24) is 20.4 Å². The zero-order valence-electron chi connectivity index (χ0n) is 15.7. The van der Waals surface area contributed by atoms with Crippen molar-refractivity contribution in [2.45, 2.75) is 58.0 Å². The van der Waals surface area contributed by atoms with Gasteiger partial charge in [-0.15, -0.1) is 0 Å². The first-order valence-corrected chi connectivity index (χ1v) is 9.86. The quantitative estimate of drug-likeness (QED) is 0.432. The first-order chi connectivity index (χ1) is 12.8. The van der Waals surface area contributed by atoms with Crippen molar-refractivity contribution in [2.24, 2.45) is 10.9 Å². The summed E-state index contributed by atoms with van der Waals surface area (Å²) in [5, 5.41) is 11.4. The molecule has 0 aromatic carbocycles. The van der Waals surface area contributed by atoms with Gasteiger partial charge in [-0.25, -0.2) is 0 Å². The number of aliphatic imine (C=N–C) groups is 1. The highest BCUT2D eigenvalue weighted by atomic mass is 16.3. The van der Waals surface area contributed by atoms with Gasteiger partial charge in [0.15, 0.2) is 5.96 Å². The number of nitrogens with zero attached hydrogens (tertiary/aromatic N) is 3. The standard InChI is InChI=1S/C20H31N5O/c1-17-7-2-3-9-19(17)24-20(22-13-10-18-8-4-16-26-18)21-11-5-14-25-15-6-12-23-25/h4,6,8,12,15-17,19H,2-3,5,7,9-11,13-14H2,1H3,(H2,21,22,24). The van der Waals surface area contributed by atoms with E-state index in [9.17, 15) is 0 Å². The number of rotatable bonds is 8. The summed E-state index contributed by atoms with van der Waals surface area (Å²) in [5.41, 5.74) is 0. The third kappa shape index (κ3) is 5.93. The maximum atomic E-state index is 5.41. The van der Waals surface area contributed by atoms with Crippen LogP contribution in [-0.2, 0) is 13.0 Å². The van der Waals surface area contributed by atoms with Gasteiger partial charge in [-0.2, -0.15) is 5.10 Å². The van der Waals surface area contributed by atoms with E-state index in [4.69, 9.17) is 9.41 Å². The van der Waals surface area contributed by atoms with E-state index in [-0.39, 0.29) is 0 Å². The number of aryl methyl sites for hydroxylation is 1. The largest absolute Gasteiger partial charge is 0.469 e. The van der Waals surface area contributed by atoms with Crippen LogP contribution in [-0.4, -0.2) is 34.9 Å². The molecule has 0 amide bonds. The minimum Gasteiger partial charge on any atom is -0.469 e. The summed E-state index contributed by atoms with van der Waals surface area (Å²) >= 11 is 0. The molecule has 1 saturated carbocycles. The Bertz CT molecular complexity index is 635. The van der Waals surface area contributed by atoms with Gasteiger partial charge in [0.1, 0.15) is 5.76 Å². The fourth-order valence-corrected chi connectivity index (χ4v) is 3.47. The van der Waals surface area contributed by atoms with Gasteiger partial charge in [0, 0.05) is 44.5 Å². The van der Waals surface area contributed by atoms with Gasteiger partial charge in [-0.1, -0.05) is 19.8 Å². The maximum absolute atomic E-state index is 5.41. The molecule has 0 saturated heterocycles. The van der Waals surface area contributed by atoms with Crippen LogP contribution >= 0.6 is 0 Å². The minimum absolute atomic E-state index is 0.518. The van der Waals surface area contributed by atoms with Crippen molar-refractivity contribution in [1.29, 1.82) is 0 Å². The molecule has 0 aliphatic heterocycles. The Labute approximate surface area is 156 Å². The molecule has 26 heavy (non-hydrogen) atoms. The fraction of sp³-hybridized carbons (Fsp3) is 0.600. The second-order valence-electron chi connectivity index (χ2n) is 7.12. The molecule has 0 radical (unpaired) electrons. The molecule has 2 aromatic heterocycles. The van der Waals surface area contributed by atoms with Crippen molar-refractivity contribution in [3.05, 3.63) is 42.6 Å². The van der Waals surface area contributed by atoms with Crippen molar-refractivity contribution in [3.63, 3.8) is 0 Å². The van der Waals surface area contributed by atoms with Gasteiger partial charge in [-0.05, 0) is 43.4 Å². The number of furan rings is 1. The molecule has 3 rings (SSSR count). The van der Waals surface area contributed by atoms with Crippen molar-refractivity contribution >= 4 is 5.96 Å². The SMILES string of the molecule is CC1CCCCC1NC(=NCCCn1cccn1)NCCc1ccco1. The molecule has 1 aliphatic rings. The lowest BCUT2D eigenvalue weighted by atomic mass is 9.86. The van der Waals surface area contributed by atoms with Gasteiger partial charge >= 0.3 is 0 Å². The number of hydrogen-bond donors (Lipinski definition) is 2. The summed E-state index contributed by atoms with van der Waals surface area (Å²) in [4.78, 5) is 4.79. The first-order valence-electron chi connectivity index (χ1n) is 9.86. The number of hydrogen-bond acceptors (Lipinski definition) is 3. The summed E-state index contributed by atoms with van der Waals surface area (Å²) in [6, 6.07) is 6.42. The number of aromatic nitrogens is 2. The molecule has 1 fully saturated rings. The van der Waals surface area contributed by atoms with E-state index >= 15 is 0 Å². The van der Waals surface area contributed by atoms with Gasteiger partial charge < -0.3 is 15.1 Å². The van der Waals surface area contributed by atoms with Crippen molar-refractivity contribution in [3.8, 4) is 0 Å². The van der Waals surface area contributed by atoms with Crippen LogP contribution in [0.2, 0.25) is 0 Å². The van der Waals surface area contributed by atoms with Gasteiger partial charge in [0.05, 0.1) is 6.26 Å². The molecule has 2 atom stereocenters. The molecular weight excluding hydrogens is 326 g/mol. The van der Waals surface area contributed by atoms with Gasteiger partial charge in [-0.3, -0.25) is 9.67 Å². The van der Waals surface area contributed by atoms with E-state index in [1.165, 1.54) is 25.7 Å².